The van der Waals surface area contributed by atoms with Crippen LogP contribution in [0.25, 0.3) is 6.08 Å². The highest BCUT2D eigenvalue weighted by Crippen LogP contribution is 2.42. The molecule has 180 valence electrons. The number of hydrogen-bond donors (Lipinski definition) is 0. The number of benzene rings is 3. The van der Waals surface area contributed by atoms with Gasteiger partial charge in [0.2, 0.25) is 11.5 Å². The molecular weight excluding hydrogens is 452 g/mol. The Balaban J connectivity index is 1.44. The van der Waals surface area contributed by atoms with Crippen molar-refractivity contribution in [1.82, 2.24) is 0 Å². The Morgan fingerprint density at radius 2 is 1.69 bits per heavy atom. The number of rotatable bonds is 9. The molecule has 3 aromatic carbocycles. The van der Waals surface area contributed by atoms with Gasteiger partial charge in [-0.2, -0.15) is 0 Å². The number of methoxy groups -OCH3 is 3. The third-order valence-electron chi connectivity index (χ3n) is 5.26. The molecule has 4 rings (SSSR count). The van der Waals surface area contributed by atoms with Crippen molar-refractivity contribution < 1.29 is 38.0 Å². The van der Waals surface area contributed by atoms with Crippen LogP contribution in [0.3, 0.4) is 0 Å². The van der Waals surface area contributed by atoms with E-state index in [4.69, 9.17) is 28.4 Å². The summed E-state index contributed by atoms with van der Waals surface area (Å²) in [4.78, 5) is 24.9. The lowest BCUT2D eigenvalue weighted by Gasteiger charge is -2.14. The molecule has 3 aromatic rings. The summed E-state index contributed by atoms with van der Waals surface area (Å²) in [5.41, 5.74) is 1.85. The summed E-state index contributed by atoms with van der Waals surface area (Å²) >= 11 is 0. The Bertz CT molecular complexity index is 1260. The fourth-order valence-corrected chi connectivity index (χ4v) is 3.56. The van der Waals surface area contributed by atoms with Gasteiger partial charge in [-0.05, 0) is 35.9 Å². The van der Waals surface area contributed by atoms with Gasteiger partial charge in [0.1, 0.15) is 18.1 Å². The van der Waals surface area contributed by atoms with Gasteiger partial charge in [-0.15, -0.1) is 0 Å². The van der Waals surface area contributed by atoms with Gasteiger partial charge in [0.25, 0.3) is 0 Å². The van der Waals surface area contributed by atoms with Crippen molar-refractivity contribution in [3.63, 3.8) is 0 Å². The highest BCUT2D eigenvalue weighted by molar-refractivity contribution is 6.14. The number of hydrogen-bond acceptors (Lipinski definition) is 8. The van der Waals surface area contributed by atoms with E-state index >= 15 is 0 Å². The van der Waals surface area contributed by atoms with Crippen LogP contribution in [-0.4, -0.2) is 39.7 Å². The number of fused-ring (bicyclic) bond motifs is 1. The van der Waals surface area contributed by atoms with Crippen molar-refractivity contribution in [2.75, 3.05) is 27.9 Å². The minimum absolute atomic E-state index is 0.116. The van der Waals surface area contributed by atoms with Crippen LogP contribution in [0.2, 0.25) is 0 Å². The third kappa shape index (κ3) is 5.22. The monoisotopic (exact) mass is 476 g/mol. The first kappa shape index (κ1) is 23.7. The third-order valence-corrected chi connectivity index (χ3v) is 5.26. The summed E-state index contributed by atoms with van der Waals surface area (Å²) < 4.78 is 32.7. The molecule has 0 unspecified atom stereocenters. The lowest BCUT2D eigenvalue weighted by molar-refractivity contribution is -0.147. The SMILES string of the molecule is COc1ccc(/C=C2\Oc3cc(OCC(=O)OCc4ccccc4)ccc3C2=O)c(OC)c1OC. The molecule has 35 heavy (non-hydrogen) atoms. The molecule has 0 amide bonds. The van der Waals surface area contributed by atoms with Gasteiger partial charge in [-0.25, -0.2) is 4.79 Å². The van der Waals surface area contributed by atoms with Crippen molar-refractivity contribution in [3.05, 3.63) is 83.1 Å². The van der Waals surface area contributed by atoms with E-state index < -0.39 is 5.97 Å². The molecule has 1 heterocycles. The summed E-state index contributed by atoms with van der Waals surface area (Å²) in [5, 5.41) is 0. The molecule has 0 atom stereocenters. The predicted octanol–water partition coefficient (Wildman–Crippen LogP) is 4.45. The van der Waals surface area contributed by atoms with Crippen LogP contribution in [0, 0.1) is 0 Å². The first-order chi connectivity index (χ1) is 17.0. The second-order valence-electron chi connectivity index (χ2n) is 7.46. The summed E-state index contributed by atoms with van der Waals surface area (Å²) in [7, 11) is 4.53. The fraction of sp³-hybridized carbons (Fsp3) is 0.185. The number of Topliss-reactive ketones (excluding diaryl/α,β-unsaturated/α-hetero) is 1. The van der Waals surface area contributed by atoms with E-state index in [2.05, 4.69) is 0 Å². The van der Waals surface area contributed by atoms with Crippen molar-refractivity contribution in [2.45, 2.75) is 6.61 Å². The fourth-order valence-electron chi connectivity index (χ4n) is 3.56. The van der Waals surface area contributed by atoms with Crippen molar-refractivity contribution in [2.24, 2.45) is 0 Å². The van der Waals surface area contributed by atoms with Gasteiger partial charge in [0.05, 0.1) is 26.9 Å². The Labute approximate surface area is 202 Å². The molecule has 0 N–H and O–H groups in total. The maximum atomic E-state index is 12.9. The molecule has 0 fully saturated rings. The van der Waals surface area contributed by atoms with E-state index in [0.717, 1.165) is 5.56 Å². The maximum absolute atomic E-state index is 12.9. The molecule has 0 saturated carbocycles. The summed E-state index contributed by atoms with van der Waals surface area (Å²) in [6.07, 6.45) is 1.57. The number of allylic oxidation sites excluding steroid dienone is 1. The van der Waals surface area contributed by atoms with E-state index in [1.807, 2.05) is 30.3 Å². The van der Waals surface area contributed by atoms with Gasteiger partial charge in [0.15, 0.2) is 23.9 Å². The maximum Gasteiger partial charge on any atom is 0.344 e. The molecular formula is C27H24O8. The normalized spacial score (nSPS) is 13.1. The van der Waals surface area contributed by atoms with Crippen LogP contribution in [0.1, 0.15) is 21.5 Å². The highest BCUT2D eigenvalue weighted by atomic mass is 16.6. The molecule has 0 spiro atoms. The molecule has 1 aliphatic rings. The van der Waals surface area contributed by atoms with Crippen LogP contribution in [0.5, 0.6) is 28.7 Å². The predicted molar refractivity (Wildman–Crippen MR) is 127 cm³/mol. The lowest BCUT2D eigenvalue weighted by atomic mass is 10.1. The second-order valence-corrected chi connectivity index (χ2v) is 7.46. The van der Waals surface area contributed by atoms with Crippen LogP contribution < -0.4 is 23.7 Å². The number of carbonyl (C=O) groups is 2. The topological polar surface area (TPSA) is 89.5 Å². The second kappa shape index (κ2) is 10.6. The molecule has 0 aromatic heterocycles. The molecule has 8 heteroatoms. The van der Waals surface area contributed by atoms with Gasteiger partial charge >= 0.3 is 5.97 Å². The van der Waals surface area contributed by atoms with Crippen LogP contribution in [0.4, 0.5) is 0 Å². The minimum Gasteiger partial charge on any atom is -0.493 e. The molecule has 0 radical (unpaired) electrons. The average molecular weight is 476 g/mol. The van der Waals surface area contributed by atoms with Crippen LogP contribution in [-0.2, 0) is 16.1 Å². The number of ketones is 1. The van der Waals surface area contributed by atoms with Crippen molar-refractivity contribution >= 4 is 17.8 Å². The Kier molecular flexibility index (Phi) is 7.21. The zero-order valence-corrected chi connectivity index (χ0v) is 19.5. The summed E-state index contributed by atoms with van der Waals surface area (Å²) in [5.74, 6) is 1.33. The molecule has 0 aliphatic carbocycles. The van der Waals surface area contributed by atoms with E-state index in [1.54, 1.807) is 36.4 Å². The Hall–Kier alpha value is -4.46. The smallest absolute Gasteiger partial charge is 0.344 e. The van der Waals surface area contributed by atoms with Crippen molar-refractivity contribution in [3.8, 4) is 28.7 Å². The van der Waals surface area contributed by atoms with Crippen LogP contribution >= 0.6 is 0 Å². The van der Waals surface area contributed by atoms with Gasteiger partial charge in [-0.3, -0.25) is 4.79 Å². The highest BCUT2D eigenvalue weighted by Gasteiger charge is 2.29. The van der Waals surface area contributed by atoms with Gasteiger partial charge < -0.3 is 28.4 Å². The number of esters is 1. The zero-order chi connectivity index (χ0) is 24.8. The summed E-state index contributed by atoms with van der Waals surface area (Å²) in [6.45, 7) is -0.107. The Morgan fingerprint density at radius 1 is 0.914 bits per heavy atom. The molecule has 0 saturated heterocycles. The standard InChI is InChI=1S/C27H24O8/c1-30-21-12-9-18(26(31-2)27(21)32-3)13-23-25(29)20-11-10-19(14-22(20)35-23)33-16-24(28)34-15-17-7-5-4-6-8-17/h4-14H,15-16H2,1-3H3/b23-13-. The van der Waals surface area contributed by atoms with Crippen LogP contribution in [0.15, 0.2) is 66.4 Å². The van der Waals surface area contributed by atoms with E-state index in [9.17, 15) is 9.59 Å². The minimum atomic E-state index is -0.507. The summed E-state index contributed by atoms with van der Waals surface area (Å²) in [6, 6.07) is 17.6. The first-order valence-corrected chi connectivity index (χ1v) is 10.7. The largest absolute Gasteiger partial charge is 0.493 e. The lowest BCUT2D eigenvalue weighted by Crippen LogP contribution is -2.14. The molecule has 1 aliphatic heterocycles. The Morgan fingerprint density at radius 3 is 2.40 bits per heavy atom. The van der Waals surface area contributed by atoms with E-state index in [-0.39, 0.29) is 24.8 Å². The van der Waals surface area contributed by atoms with Gasteiger partial charge in [-0.1, -0.05) is 30.3 Å². The molecule has 0 bridgehead atoms. The molecule has 8 nitrogen and oxygen atoms in total. The van der Waals surface area contributed by atoms with E-state index in [0.29, 0.717) is 39.9 Å². The van der Waals surface area contributed by atoms with Crippen molar-refractivity contribution in [1.29, 1.82) is 0 Å². The zero-order valence-electron chi connectivity index (χ0n) is 19.5. The first-order valence-electron chi connectivity index (χ1n) is 10.7. The van der Waals surface area contributed by atoms with Gasteiger partial charge in [0, 0.05) is 11.6 Å². The number of carbonyl (C=O) groups excluding carboxylic acids is 2. The quantitative estimate of drug-likeness (QED) is 0.331. The number of ether oxygens (including phenoxy) is 6. The van der Waals surface area contributed by atoms with E-state index in [1.165, 1.54) is 21.3 Å². The average Bonchev–Trinajstić information content (AvgIpc) is 3.20.